The van der Waals surface area contributed by atoms with E-state index >= 15 is 0 Å². The maximum atomic E-state index is 14.3. The summed E-state index contributed by atoms with van der Waals surface area (Å²) in [6.07, 6.45) is 3.46. The summed E-state index contributed by atoms with van der Waals surface area (Å²) in [5, 5.41) is 7.17. The molecule has 1 amide bonds. The molecule has 0 aliphatic carbocycles. The second-order valence-corrected chi connectivity index (χ2v) is 8.26. The van der Waals surface area contributed by atoms with E-state index in [9.17, 15) is 9.18 Å². The molecule has 9 heteroatoms. The zero-order valence-corrected chi connectivity index (χ0v) is 17.9. The van der Waals surface area contributed by atoms with Crippen LogP contribution in [0.1, 0.15) is 18.7 Å². The third-order valence-electron chi connectivity index (χ3n) is 6.13. The number of nitrogens with zero attached hydrogens (tertiary/aromatic N) is 3. The molecule has 168 valence electrons. The molecule has 4 heterocycles. The molecule has 0 atom stereocenters. The number of aromatic nitrogens is 3. The van der Waals surface area contributed by atoms with Gasteiger partial charge < -0.3 is 25.3 Å². The molecule has 1 aromatic carbocycles. The van der Waals surface area contributed by atoms with Gasteiger partial charge in [-0.25, -0.2) is 14.4 Å². The van der Waals surface area contributed by atoms with Crippen LogP contribution in [0.25, 0.3) is 22.2 Å². The molecule has 0 unspecified atom stereocenters. The van der Waals surface area contributed by atoms with E-state index in [1.807, 2.05) is 12.1 Å². The minimum Gasteiger partial charge on any atom is -0.378 e. The highest BCUT2D eigenvalue weighted by Gasteiger charge is 2.22. The van der Waals surface area contributed by atoms with Crippen molar-refractivity contribution in [3.63, 3.8) is 0 Å². The number of morpholine rings is 1. The Bertz CT molecular complexity index is 1110. The van der Waals surface area contributed by atoms with Crippen LogP contribution < -0.4 is 15.5 Å². The summed E-state index contributed by atoms with van der Waals surface area (Å²) in [5.74, 6) is 0.992. The van der Waals surface area contributed by atoms with Crippen molar-refractivity contribution in [3.8, 4) is 11.3 Å². The maximum absolute atomic E-state index is 14.3. The van der Waals surface area contributed by atoms with E-state index in [4.69, 9.17) is 14.7 Å². The van der Waals surface area contributed by atoms with Crippen LogP contribution in [-0.4, -0.2) is 60.3 Å². The third-order valence-corrected chi connectivity index (χ3v) is 6.13. The summed E-state index contributed by atoms with van der Waals surface area (Å²) >= 11 is 0. The van der Waals surface area contributed by atoms with Crippen molar-refractivity contribution in [2.24, 2.45) is 5.92 Å². The third kappa shape index (κ3) is 4.44. The monoisotopic (exact) mass is 438 g/mol. The molecule has 0 saturated carbocycles. The number of benzene rings is 1. The van der Waals surface area contributed by atoms with Gasteiger partial charge in [-0.1, -0.05) is 0 Å². The summed E-state index contributed by atoms with van der Waals surface area (Å²) in [6, 6.07) is 6.78. The van der Waals surface area contributed by atoms with Gasteiger partial charge in [0, 0.05) is 47.7 Å². The van der Waals surface area contributed by atoms with Crippen molar-refractivity contribution in [2.45, 2.75) is 19.4 Å². The standard InChI is InChI=1S/C23H27FN6O2/c24-16-11-18(17-3-6-26-19(17)12-16)20-13-22(30-7-9-32-10-8-30)29-21(28-20)14-27-23(31)15-1-4-25-5-2-15/h3,6,11-13,15,25-26H,1-2,4-5,7-10,14H2,(H,27,31). The van der Waals surface area contributed by atoms with Crippen molar-refractivity contribution >= 4 is 22.6 Å². The van der Waals surface area contributed by atoms with Crippen molar-refractivity contribution in [3.05, 3.63) is 42.1 Å². The molecular formula is C23H27FN6O2. The van der Waals surface area contributed by atoms with E-state index in [0.717, 1.165) is 50.2 Å². The van der Waals surface area contributed by atoms with Gasteiger partial charge in [0.1, 0.15) is 11.6 Å². The molecular weight excluding hydrogens is 411 g/mol. The maximum Gasteiger partial charge on any atom is 0.223 e. The normalized spacial score (nSPS) is 17.6. The van der Waals surface area contributed by atoms with E-state index < -0.39 is 0 Å². The second kappa shape index (κ2) is 9.22. The van der Waals surface area contributed by atoms with Gasteiger partial charge in [-0.05, 0) is 44.1 Å². The van der Waals surface area contributed by atoms with Crippen LogP contribution in [0.4, 0.5) is 10.2 Å². The Balaban J connectivity index is 1.47. The molecule has 3 N–H and O–H groups in total. The molecule has 2 aliphatic rings. The number of piperidine rings is 1. The van der Waals surface area contributed by atoms with Crippen LogP contribution in [0.5, 0.6) is 0 Å². The molecule has 2 aliphatic heterocycles. The average molecular weight is 439 g/mol. The average Bonchev–Trinajstić information content (AvgIpc) is 3.31. The quantitative estimate of drug-likeness (QED) is 0.566. The lowest BCUT2D eigenvalue weighted by Crippen LogP contribution is -2.38. The molecule has 0 spiro atoms. The number of hydrogen-bond donors (Lipinski definition) is 3. The first-order valence-electron chi connectivity index (χ1n) is 11.1. The molecule has 3 aromatic rings. The summed E-state index contributed by atoms with van der Waals surface area (Å²) in [7, 11) is 0. The number of fused-ring (bicyclic) bond motifs is 1. The molecule has 8 nitrogen and oxygen atoms in total. The summed E-state index contributed by atoms with van der Waals surface area (Å²) in [6.45, 7) is 4.65. The van der Waals surface area contributed by atoms with Crippen molar-refractivity contribution in [2.75, 3.05) is 44.3 Å². The number of H-pyrrole nitrogens is 1. The Hall–Kier alpha value is -3.04. The fourth-order valence-electron chi connectivity index (χ4n) is 4.39. The number of rotatable bonds is 5. The zero-order chi connectivity index (χ0) is 21.9. The number of anilines is 1. The van der Waals surface area contributed by atoms with Gasteiger partial charge in [-0.2, -0.15) is 0 Å². The Morgan fingerprint density at radius 3 is 2.81 bits per heavy atom. The number of amides is 1. The number of carbonyl (C=O) groups is 1. The van der Waals surface area contributed by atoms with Crippen LogP contribution in [-0.2, 0) is 16.1 Å². The van der Waals surface area contributed by atoms with E-state index in [1.165, 1.54) is 12.1 Å². The first-order valence-corrected chi connectivity index (χ1v) is 11.1. The number of ether oxygens (including phenoxy) is 1. The Morgan fingerprint density at radius 1 is 1.19 bits per heavy atom. The van der Waals surface area contributed by atoms with Crippen LogP contribution in [0.15, 0.2) is 30.5 Å². The molecule has 5 rings (SSSR count). The first-order chi connectivity index (χ1) is 15.7. The smallest absolute Gasteiger partial charge is 0.223 e. The van der Waals surface area contributed by atoms with E-state index in [0.29, 0.717) is 35.8 Å². The lowest BCUT2D eigenvalue weighted by molar-refractivity contribution is -0.125. The lowest BCUT2D eigenvalue weighted by Gasteiger charge is -2.28. The SMILES string of the molecule is O=C(NCc1nc(-c2cc(F)cc3[nH]ccc23)cc(N2CCOCC2)n1)C1CCNCC1. The minimum absolute atomic E-state index is 0.0147. The summed E-state index contributed by atoms with van der Waals surface area (Å²) < 4.78 is 19.8. The van der Waals surface area contributed by atoms with Crippen molar-refractivity contribution < 1.29 is 13.9 Å². The van der Waals surface area contributed by atoms with Crippen LogP contribution >= 0.6 is 0 Å². The predicted molar refractivity (Wildman–Crippen MR) is 120 cm³/mol. The number of hydrogen-bond acceptors (Lipinski definition) is 6. The van der Waals surface area contributed by atoms with Gasteiger partial charge in [-0.15, -0.1) is 0 Å². The van der Waals surface area contributed by atoms with Gasteiger partial charge in [-0.3, -0.25) is 4.79 Å². The fourth-order valence-corrected chi connectivity index (χ4v) is 4.39. The highest BCUT2D eigenvalue weighted by Crippen LogP contribution is 2.30. The highest BCUT2D eigenvalue weighted by atomic mass is 19.1. The topological polar surface area (TPSA) is 95.2 Å². The van der Waals surface area contributed by atoms with E-state index in [-0.39, 0.29) is 24.2 Å². The van der Waals surface area contributed by atoms with Crippen molar-refractivity contribution in [1.82, 2.24) is 25.6 Å². The Kier molecular flexibility index (Phi) is 6.00. The molecule has 2 aromatic heterocycles. The molecule has 0 bridgehead atoms. The fraction of sp³-hybridized carbons (Fsp3) is 0.435. The number of aromatic amines is 1. The number of halogens is 1. The summed E-state index contributed by atoms with van der Waals surface area (Å²) in [5.41, 5.74) is 2.05. The van der Waals surface area contributed by atoms with Gasteiger partial charge >= 0.3 is 0 Å². The molecule has 2 saturated heterocycles. The highest BCUT2D eigenvalue weighted by molar-refractivity contribution is 5.94. The first kappa shape index (κ1) is 20.8. The Morgan fingerprint density at radius 2 is 2.00 bits per heavy atom. The lowest BCUT2D eigenvalue weighted by atomic mass is 9.97. The molecule has 2 fully saturated rings. The zero-order valence-electron chi connectivity index (χ0n) is 17.9. The molecule has 32 heavy (non-hydrogen) atoms. The van der Waals surface area contributed by atoms with Crippen LogP contribution in [0, 0.1) is 11.7 Å². The van der Waals surface area contributed by atoms with Gasteiger partial charge in [0.05, 0.1) is 25.5 Å². The minimum atomic E-state index is -0.331. The summed E-state index contributed by atoms with van der Waals surface area (Å²) in [4.78, 5) is 27.3. The number of nitrogens with one attached hydrogen (secondary N) is 3. The van der Waals surface area contributed by atoms with Gasteiger partial charge in [0.2, 0.25) is 5.91 Å². The van der Waals surface area contributed by atoms with Crippen molar-refractivity contribution in [1.29, 1.82) is 0 Å². The van der Waals surface area contributed by atoms with Crippen LogP contribution in [0.2, 0.25) is 0 Å². The van der Waals surface area contributed by atoms with E-state index in [2.05, 4.69) is 20.5 Å². The van der Waals surface area contributed by atoms with Gasteiger partial charge in [0.25, 0.3) is 0 Å². The second-order valence-electron chi connectivity index (χ2n) is 8.26. The molecule has 0 radical (unpaired) electrons. The Labute approximate surface area is 185 Å². The predicted octanol–water partition coefficient (Wildman–Crippen LogP) is 2.22. The van der Waals surface area contributed by atoms with E-state index in [1.54, 1.807) is 6.20 Å². The van der Waals surface area contributed by atoms with Gasteiger partial charge in [0.15, 0.2) is 5.82 Å². The van der Waals surface area contributed by atoms with Crippen LogP contribution in [0.3, 0.4) is 0 Å². The largest absolute Gasteiger partial charge is 0.378 e. The number of carbonyl (C=O) groups excluding carboxylic acids is 1.